The van der Waals surface area contributed by atoms with Crippen molar-refractivity contribution in [3.8, 4) is 0 Å². The first-order valence-electron chi connectivity index (χ1n) is 11.6. The van der Waals surface area contributed by atoms with Crippen LogP contribution in [-0.4, -0.2) is 23.1 Å². The van der Waals surface area contributed by atoms with Crippen LogP contribution in [0.5, 0.6) is 0 Å². The molecule has 32 heavy (non-hydrogen) atoms. The molecule has 2 nitrogen and oxygen atoms in total. The van der Waals surface area contributed by atoms with Crippen LogP contribution < -0.4 is 0 Å². The van der Waals surface area contributed by atoms with E-state index in [2.05, 4.69) is 113 Å². The molecular formula is C29H34N2S. The molecule has 4 rings (SSSR count). The number of hydrogen-bond acceptors (Lipinski definition) is 2. The molecule has 0 amide bonds. The van der Waals surface area contributed by atoms with Crippen molar-refractivity contribution in [2.75, 3.05) is 13.6 Å². The van der Waals surface area contributed by atoms with Crippen LogP contribution in [0.1, 0.15) is 51.4 Å². The van der Waals surface area contributed by atoms with Gasteiger partial charge in [-0.3, -0.25) is 0 Å². The molecule has 0 saturated carbocycles. The van der Waals surface area contributed by atoms with Crippen LogP contribution in [0.15, 0.2) is 54.3 Å². The number of nitrogens with zero attached hydrogens (tertiary/aromatic N) is 2. The second kappa shape index (κ2) is 8.99. The SMILES string of the molecule is C/C=C\C(=C(/C)c1ccc2c(c1)sc1cc3c(cc12)c(C)c(/C=C\C)n3CC)N(C)CC. The fraction of sp³-hybridized carbons (Fsp3) is 0.310. The number of aromatic nitrogens is 1. The number of hydrogen-bond donors (Lipinski definition) is 0. The van der Waals surface area contributed by atoms with E-state index in [1.807, 2.05) is 11.3 Å². The number of fused-ring (bicyclic) bond motifs is 4. The van der Waals surface area contributed by atoms with Gasteiger partial charge in [-0.05, 0) is 88.6 Å². The summed E-state index contributed by atoms with van der Waals surface area (Å²) in [4.78, 5) is 2.31. The van der Waals surface area contributed by atoms with Crippen LogP contribution in [0, 0.1) is 6.92 Å². The summed E-state index contributed by atoms with van der Waals surface area (Å²) in [5.74, 6) is 0. The Hall–Kier alpha value is -2.78. The highest BCUT2D eigenvalue weighted by Crippen LogP contribution is 2.40. The van der Waals surface area contributed by atoms with Crippen LogP contribution in [0.4, 0.5) is 0 Å². The molecule has 0 radical (unpaired) electrons. The van der Waals surface area contributed by atoms with Crippen molar-refractivity contribution in [1.82, 2.24) is 9.47 Å². The predicted octanol–water partition coefficient (Wildman–Crippen LogP) is 8.63. The van der Waals surface area contributed by atoms with Crippen LogP contribution in [-0.2, 0) is 6.54 Å². The van der Waals surface area contributed by atoms with Crippen LogP contribution in [0.2, 0.25) is 0 Å². The molecule has 0 atom stereocenters. The lowest BCUT2D eigenvalue weighted by Crippen LogP contribution is -2.16. The summed E-state index contributed by atoms with van der Waals surface area (Å²) in [6, 6.07) is 11.8. The van der Waals surface area contributed by atoms with E-state index in [1.165, 1.54) is 59.2 Å². The third-order valence-electron chi connectivity index (χ3n) is 6.63. The Morgan fingerprint density at radius 3 is 2.41 bits per heavy atom. The highest BCUT2D eigenvalue weighted by atomic mass is 32.1. The minimum atomic E-state index is 0.979. The highest BCUT2D eigenvalue weighted by molar-refractivity contribution is 7.25. The maximum atomic E-state index is 2.44. The van der Waals surface area contributed by atoms with Gasteiger partial charge in [0.15, 0.2) is 0 Å². The fourth-order valence-electron chi connectivity index (χ4n) is 4.77. The molecule has 0 unspecified atom stereocenters. The first kappa shape index (κ1) is 22.4. The maximum absolute atomic E-state index is 2.44. The van der Waals surface area contributed by atoms with Gasteiger partial charge in [0.25, 0.3) is 0 Å². The van der Waals surface area contributed by atoms with Crippen molar-refractivity contribution in [2.24, 2.45) is 0 Å². The Balaban J connectivity index is 1.94. The van der Waals surface area contributed by atoms with E-state index in [4.69, 9.17) is 0 Å². The number of rotatable bonds is 6. The summed E-state index contributed by atoms with van der Waals surface area (Å²) in [5.41, 5.74) is 7.94. The molecule has 2 heterocycles. The Morgan fingerprint density at radius 1 is 1.00 bits per heavy atom. The van der Waals surface area contributed by atoms with Crippen molar-refractivity contribution in [2.45, 2.75) is 48.1 Å². The van der Waals surface area contributed by atoms with Gasteiger partial charge in [0, 0.05) is 57.1 Å². The quantitative estimate of drug-likeness (QED) is 0.271. The number of allylic oxidation sites excluding steroid dienone is 4. The molecule has 2 aromatic carbocycles. The van der Waals surface area contributed by atoms with Gasteiger partial charge >= 0.3 is 0 Å². The Labute approximate surface area is 196 Å². The summed E-state index contributed by atoms with van der Waals surface area (Å²) in [6.07, 6.45) is 8.72. The number of benzene rings is 2. The van der Waals surface area contributed by atoms with E-state index in [0.717, 1.165) is 13.1 Å². The molecule has 0 aliphatic carbocycles. The number of likely N-dealkylation sites (N-methyl/N-ethyl adjacent to an activating group) is 1. The molecule has 2 aromatic heterocycles. The molecule has 0 N–H and O–H groups in total. The standard InChI is InChI=1S/C29H34N2S/c1-8-12-25(30(7)10-3)19(5)21-14-15-22-24-17-23-20(6)26(13-9-2)31(11-4)27(23)18-29(24)32-28(22)16-21/h8-9,12-18H,10-11H2,1-7H3/b12-8-,13-9-,25-19-. The zero-order valence-electron chi connectivity index (χ0n) is 20.4. The van der Waals surface area contributed by atoms with Crippen molar-refractivity contribution in [3.05, 3.63) is 71.1 Å². The first-order chi connectivity index (χ1) is 15.4. The molecule has 0 spiro atoms. The van der Waals surface area contributed by atoms with E-state index >= 15 is 0 Å². The van der Waals surface area contributed by atoms with Crippen LogP contribution in [0.3, 0.4) is 0 Å². The van der Waals surface area contributed by atoms with Gasteiger partial charge in [0.1, 0.15) is 0 Å². The molecule has 0 aliphatic rings. The van der Waals surface area contributed by atoms with Gasteiger partial charge in [-0.2, -0.15) is 0 Å². The van der Waals surface area contributed by atoms with Gasteiger partial charge in [0.05, 0.1) is 5.52 Å². The summed E-state index contributed by atoms with van der Waals surface area (Å²) in [7, 11) is 2.16. The molecule has 166 valence electrons. The van der Waals surface area contributed by atoms with Crippen LogP contribution >= 0.6 is 11.3 Å². The summed E-state index contributed by atoms with van der Waals surface area (Å²) in [5, 5.41) is 4.09. The number of thiophene rings is 1. The van der Waals surface area contributed by atoms with Crippen molar-refractivity contribution >= 4 is 54.1 Å². The Kier molecular flexibility index (Phi) is 6.30. The van der Waals surface area contributed by atoms with Crippen LogP contribution in [0.25, 0.3) is 42.7 Å². The van der Waals surface area contributed by atoms with Gasteiger partial charge in [-0.25, -0.2) is 0 Å². The van der Waals surface area contributed by atoms with Crippen molar-refractivity contribution in [3.63, 3.8) is 0 Å². The lowest BCUT2D eigenvalue weighted by Gasteiger charge is -2.21. The number of aryl methyl sites for hydroxylation is 2. The molecule has 3 heteroatoms. The summed E-state index contributed by atoms with van der Waals surface area (Å²) in [6.45, 7) is 15.1. The third kappa shape index (κ3) is 3.59. The molecule has 0 bridgehead atoms. The zero-order chi connectivity index (χ0) is 23.0. The van der Waals surface area contributed by atoms with Crippen molar-refractivity contribution < 1.29 is 0 Å². The molecule has 4 aromatic rings. The van der Waals surface area contributed by atoms with E-state index in [1.54, 1.807) is 0 Å². The van der Waals surface area contributed by atoms with E-state index < -0.39 is 0 Å². The third-order valence-corrected chi connectivity index (χ3v) is 7.74. The van der Waals surface area contributed by atoms with Gasteiger partial charge in [-0.15, -0.1) is 11.3 Å². The fourth-order valence-corrected chi connectivity index (χ4v) is 5.93. The Morgan fingerprint density at radius 2 is 1.75 bits per heavy atom. The lowest BCUT2D eigenvalue weighted by molar-refractivity contribution is 0.457. The maximum Gasteiger partial charge on any atom is 0.0502 e. The molecular weight excluding hydrogens is 408 g/mol. The van der Waals surface area contributed by atoms with Gasteiger partial charge < -0.3 is 9.47 Å². The normalized spacial score (nSPS) is 13.3. The van der Waals surface area contributed by atoms with E-state index in [0.29, 0.717) is 0 Å². The average molecular weight is 443 g/mol. The average Bonchev–Trinajstić information content (AvgIpc) is 3.29. The predicted molar refractivity (Wildman–Crippen MR) is 146 cm³/mol. The van der Waals surface area contributed by atoms with Gasteiger partial charge in [-0.1, -0.05) is 24.3 Å². The molecule has 0 fully saturated rings. The Bertz CT molecular complexity index is 1390. The summed E-state index contributed by atoms with van der Waals surface area (Å²) >= 11 is 1.91. The second-order valence-electron chi connectivity index (χ2n) is 8.46. The lowest BCUT2D eigenvalue weighted by atomic mass is 10.0. The van der Waals surface area contributed by atoms with Gasteiger partial charge in [0.2, 0.25) is 0 Å². The zero-order valence-corrected chi connectivity index (χ0v) is 21.2. The first-order valence-corrected chi connectivity index (χ1v) is 12.4. The van der Waals surface area contributed by atoms with Crippen molar-refractivity contribution in [1.29, 1.82) is 0 Å². The molecule has 0 saturated heterocycles. The topological polar surface area (TPSA) is 8.17 Å². The minimum absolute atomic E-state index is 0.979. The summed E-state index contributed by atoms with van der Waals surface area (Å²) < 4.78 is 5.17. The monoisotopic (exact) mass is 442 g/mol. The second-order valence-corrected chi connectivity index (χ2v) is 9.54. The largest absolute Gasteiger partial charge is 0.375 e. The molecule has 0 aliphatic heterocycles. The highest BCUT2D eigenvalue weighted by Gasteiger charge is 2.15. The smallest absolute Gasteiger partial charge is 0.0502 e. The van der Waals surface area contributed by atoms with E-state index in [-0.39, 0.29) is 0 Å². The van der Waals surface area contributed by atoms with E-state index in [9.17, 15) is 0 Å². The minimum Gasteiger partial charge on any atom is -0.375 e.